The summed E-state index contributed by atoms with van der Waals surface area (Å²) in [5.74, 6) is 2.28. The number of likely N-dealkylation sites (N-methyl/N-ethyl adjacent to an activating group) is 1. The van der Waals surface area contributed by atoms with Gasteiger partial charge in [0.2, 0.25) is 5.91 Å². The fraction of sp³-hybridized carbons (Fsp3) is 0.438. The van der Waals surface area contributed by atoms with Gasteiger partial charge in [-0.05, 0) is 19.1 Å². The van der Waals surface area contributed by atoms with Crippen molar-refractivity contribution < 1.29 is 14.3 Å². The van der Waals surface area contributed by atoms with E-state index >= 15 is 0 Å². The SMILES string of the molecule is CCN(CC1COc2ccccc2O1)C(=O)CCc1ncn[nH]1. The van der Waals surface area contributed by atoms with Crippen LogP contribution in [0, 0.1) is 0 Å². The van der Waals surface area contributed by atoms with Gasteiger partial charge in [-0.15, -0.1) is 0 Å². The number of carbonyl (C=O) groups excluding carboxylic acids is 1. The second-order valence-electron chi connectivity index (χ2n) is 5.36. The van der Waals surface area contributed by atoms with Crippen LogP contribution in [0.4, 0.5) is 0 Å². The molecule has 1 amide bonds. The second-order valence-corrected chi connectivity index (χ2v) is 5.36. The summed E-state index contributed by atoms with van der Waals surface area (Å²) in [6.07, 6.45) is 2.24. The van der Waals surface area contributed by atoms with Crippen molar-refractivity contribution in [2.75, 3.05) is 19.7 Å². The van der Waals surface area contributed by atoms with E-state index in [1.54, 1.807) is 4.90 Å². The minimum atomic E-state index is -0.154. The molecule has 2 heterocycles. The molecule has 0 fully saturated rings. The third-order valence-corrected chi connectivity index (χ3v) is 3.77. The van der Waals surface area contributed by atoms with Gasteiger partial charge in [-0.2, -0.15) is 5.10 Å². The van der Waals surface area contributed by atoms with E-state index in [0.717, 1.165) is 17.3 Å². The van der Waals surface area contributed by atoms with Gasteiger partial charge in [0.1, 0.15) is 18.8 Å². The first kappa shape index (κ1) is 15.3. The minimum absolute atomic E-state index is 0.0753. The predicted molar refractivity (Wildman–Crippen MR) is 83.3 cm³/mol. The fourth-order valence-corrected chi connectivity index (χ4v) is 2.54. The number of nitrogens with zero attached hydrogens (tertiary/aromatic N) is 3. The van der Waals surface area contributed by atoms with Crippen molar-refractivity contribution >= 4 is 5.91 Å². The number of aromatic nitrogens is 3. The molecule has 1 N–H and O–H groups in total. The molecule has 0 radical (unpaired) electrons. The molecule has 7 heteroatoms. The van der Waals surface area contributed by atoms with Crippen LogP contribution in [0.2, 0.25) is 0 Å². The fourth-order valence-electron chi connectivity index (χ4n) is 2.54. The standard InChI is InChI=1S/C16H20N4O3/c1-2-20(16(21)8-7-15-17-11-18-19-15)9-12-10-22-13-5-3-4-6-14(13)23-12/h3-6,11-12H,2,7-10H2,1H3,(H,17,18,19). The number of ether oxygens (including phenoxy) is 2. The van der Waals surface area contributed by atoms with Crippen LogP contribution in [-0.2, 0) is 11.2 Å². The molecule has 0 bridgehead atoms. The maximum atomic E-state index is 12.4. The first-order chi connectivity index (χ1) is 11.3. The van der Waals surface area contributed by atoms with Gasteiger partial charge in [0.25, 0.3) is 0 Å². The largest absolute Gasteiger partial charge is 0.486 e. The molecule has 1 unspecified atom stereocenters. The molecule has 1 atom stereocenters. The highest BCUT2D eigenvalue weighted by molar-refractivity contribution is 5.76. The maximum Gasteiger partial charge on any atom is 0.223 e. The average Bonchev–Trinajstić information content (AvgIpc) is 3.11. The summed E-state index contributed by atoms with van der Waals surface area (Å²) in [6.45, 7) is 3.56. The molecule has 0 saturated carbocycles. The van der Waals surface area contributed by atoms with Gasteiger partial charge in [0.15, 0.2) is 17.6 Å². The highest BCUT2D eigenvalue weighted by Crippen LogP contribution is 2.31. The zero-order valence-corrected chi connectivity index (χ0v) is 13.1. The molecule has 0 aliphatic carbocycles. The topological polar surface area (TPSA) is 80.3 Å². The van der Waals surface area contributed by atoms with E-state index in [9.17, 15) is 4.79 Å². The number of H-pyrrole nitrogens is 1. The van der Waals surface area contributed by atoms with Crippen molar-refractivity contribution in [1.29, 1.82) is 0 Å². The first-order valence-corrected chi connectivity index (χ1v) is 7.76. The van der Waals surface area contributed by atoms with Crippen LogP contribution in [0.5, 0.6) is 11.5 Å². The number of rotatable bonds is 6. The summed E-state index contributed by atoms with van der Waals surface area (Å²) >= 11 is 0. The minimum Gasteiger partial charge on any atom is -0.486 e. The van der Waals surface area contributed by atoms with E-state index in [1.165, 1.54) is 6.33 Å². The summed E-state index contributed by atoms with van der Waals surface area (Å²) in [5, 5.41) is 6.55. The van der Waals surface area contributed by atoms with Crippen LogP contribution in [-0.4, -0.2) is 51.8 Å². The lowest BCUT2D eigenvalue weighted by molar-refractivity contribution is -0.132. The van der Waals surface area contributed by atoms with Gasteiger partial charge < -0.3 is 14.4 Å². The molecule has 3 rings (SSSR count). The molecular formula is C16H20N4O3. The Hall–Kier alpha value is -2.57. The summed E-state index contributed by atoms with van der Waals surface area (Å²) < 4.78 is 11.6. The summed E-state index contributed by atoms with van der Waals surface area (Å²) in [4.78, 5) is 18.2. The van der Waals surface area contributed by atoms with Gasteiger partial charge in [-0.3, -0.25) is 9.89 Å². The monoisotopic (exact) mass is 316 g/mol. The van der Waals surface area contributed by atoms with E-state index in [1.807, 2.05) is 31.2 Å². The average molecular weight is 316 g/mol. The lowest BCUT2D eigenvalue weighted by Gasteiger charge is -2.31. The van der Waals surface area contributed by atoms with Crippen LogP contribution in [0.3, 0.4) is 0 Å². The number of fused-ring (bicyclic) bond motifs is 1. The number of nitrogens with one attached hydrogen (secondary N) is 1. The zero-order valence-electron chi connectivity index (χ0n) is 13.1. The molecule has 122 valence electrons. The Morgan fingerprint density at radius 3 is 2.96 bits per heavy atom. The molecule has 1 aromatic heterocycles. The lowest BCUT2D eigenvalue weighted by Crippen LogP contribution is -2.43. The van der Waals surface area contributed by atoms with Crippen LogP contribution >= 0.6 is 0 Å². The first-order valence-electron chi connectivity index (χ1n) is 7.76. The molecule has 0 spiro atoms. The van der Waals surface area contributed by atoms with E-state index in [0.29, 0.717) is 32.5 Å². The summed E-state index contributed by atoms with van der Waals surface area (Å²) in [5.41, 5.74) is 0. The number of carbonyl (C=O) groups is 1. The van der Waals surface area contributed by atoms with Crippen molar-refractivity contribution in [2.24, 2.45) is 0 Å². The van der Waals surface area contributed by atoms with Crippen LogP contribution in [0.15, 0.2) is 30.6 Å². The third kappa shape index (κ3) is 3.80. The van der Waals surface area contributed by atoms with E-state index in [-0.39, 0.29) is 12.0 Å². The Balaban J connectivity index is 1.54. The molecule has 7 nitrogen and oxygen atoms in total. The second kappa shape index (κ2) is 7.13. The van der Waals surface area contributed by atoms with Crippen molar-refractivity contribution in [3.8, 4) is 11.5 Å². The van der Waals surface area contributed by atoms with E-state index in [4.69, 9.17) is 9.47 Å². The van der Waals surface area contributed by atoms with E-state index < -0.39 is 0 Å². The van der Waals surface area contributed by atoms with Gasteiger partial charge in [0, 0.05) is 19.4 Å². The van der Waals surface area contributed by atoms with Crippen LogP contribution < -0.4 is 9.47 Å². The van der Waals surface area contributed by atoms with Crippen molar-refractivity contribution in [2.45, 2.75) is 25.9 Å². The molecule has 1 aliphatic rings. The normalized spacial score (nSPS) is 16.1. The summed E-state index contributed by atoms with van der Waals surface area (Å²) in [7, 11) is 0. The highest BCUT2D eigenvalue weighted by Gasteiger charge is 2.24. The smallest absolute Gasteiger partial charge is 0.223 e. The Bertz CT molecular complexity index is 645. The molecule has 0 saturated heterocycles. The van der Waals surface area contributed by atoms with Gasteiger partial charge in [-0.25, -0.2) is 4.98 Å². The van der Waals surface area contributed by atoms with Gasteiger partial charge >= 0.3 is 0 Å². The molecule has 1 aliphatic heterocycles. The number of hydrogen-bond acceptors (Lipinski definition) is 5. The molecule has 2 aromatic rings. The van der Waals surface area contributed by atoms with E-state index in [2.05, 4.69) is 15.2 Å². The third-order valence-electron chi connectivity index (χ3n) is 3.77. The number of hydrogen-bond donors (Lipinski definition) is 1. The maximum absolute atomic E-state index is 12.4. The number of para-hydroxylation sites is 2. The van der Waals surface area contributed by atoms with Crippen LogP contribution in [0.1, 0.15) is 19.2 Å². The van der Waals surface area contributed by atoms with Crippen molar-refractivity contribution in [3.05, 3.63) is 36.4 Å². The number of benzene rings is 1. The quantitative estimate of drug-likeness (QED) is 0.872. The Morgan fingerprint density at radius 1 is 1.39 bits per heavy atom. The molecular weight excluding hydrogens is 296 g/mol. The van der Waals surface area contributed by atoms with Gasteiger partial charge in [0.05, 0.1) is 6.54 Å². The molecule has 23 heavy (non-hydrogen) atoms. The van der Waals surface area contributed by atoms with Crippen molar-refractivity contribution in [3.63, 3.8) is 0 Å². The Kier molecular flexibility index (Phi) is 4.75. The number of amides is 1. The Morgan fingerprint density at radius 2 is 2.22 bits per heavy atom. The van der Waals surface area contributed by atoms with Crippen molar-refractivity contribution in [1.82, 2.24) is 20.1 Å². The lowest BCUT2D eigenvalue weighted by atomic mass is 10.2. The number of aryl methyl sites for hydroxylation is 1. The highest BCUT2D eigenvalue weighted by atomic mass is 16.6. The Labute approximate surface area is 134 Å². The van der Waals surface area contributed by atoms with Gasteiger partial charge in [-0.1, -0.05) is 12.1 Å². The zero-order chi connectivity index (χ0) is 16.1. The molecule has 1 aromatic carbocycles. The summed E-state index contributed by atoms with van der Waals surface area (Å²) in [6, 6.07) is 7.58. The van der Waals surface area contributed by atoms with Crippen LogP contribution in [0.25, 0.3) is 0 Å². The number of aromatic amines is 1. The predicted octanol–water partition coefficient (Wildman–Crippen LogP) is 1.43.